The van der Waals surface area contributed by atoms with Crippen molar-refractivity contribution in [1.29, 1.82) is 0 Å². The summed E-state index contributed by atoms with van der Waals surface area (Å²) in [5.41, 5.74) is 4.39. The zero-order valence-corrected chi connectivity index (χ0v) is 18.7. The Morgan fingerprint density at radius 2 is 2.14 bits per heavy atom. The normalized spacial score (nSPS) is 16.4. The van der Waals surface area contributed by atoms with Gasteiger partial charge in [0.25, 0.3) is 0 Å². The number of thiazole rings is 1. The van der Waals surface area contributed by atoms with E-state index in [0.717, 1.165) is 45.9 Å². The van der Waals surface area contributed by atoms with Gasteiger partial charge in [-0.3, -0.25) is 9.69 Å². The largest absolute Gasteiger partial charge is 0.376 e. The standard InChI is InChI=1S/C23H26N2O2S2/c1-15-6-7-17(16(2)11-15)12-22(26)25(14-18-5-4-10-27-18)23-24-20-9-8-19(28-3)13-21(20)29-23/h6-9,11,13,18H,4-5,10,12,14H2,1-3H3. The van der Waals surface area contributed by atoms with E-state index in [1.54, 1.807) is 23.1 Å². The van der Waals surface area contributed by atoms with Crippen LogP contribution in [-0.4, -0.2) is 36.4 Å². The molecule has 152 valence electrons. The molecule has 0 spiro atoms. The third kappa shape index (κ3) is 4.65. The highest BCUT2D eigenvalue weighted by Crippen LogP contribution is 2.32. The highest BCUT2D eigenvalue weighted by atomic mass is 32.2. The first-order valence-corrected chi connectivity index (χ1v) is 12.0. The van der Waals surface area contributed by atoms with Crippen LogP contribution in [-0.2, 0) is 16.0 Å². The molecule has 0 aliphatic carbocycles. The Balaban J connectivity index is 1.64. The summed E-state index contributed by atoms with van der Waals surface area (Å²) in [4.78, 5) is 21.2. The molecule has 0 radical (unpaired) electrons. The summed E-state index contributed by atoms with van der Waals surface area (Å²) in [6.07, 6.45) is 4.59. The molecule has 0 N–H and O–H groups in total. The number of carbonyl (C=O) groups excluding carboxylic acids is 1. The molecule has 1 aliphatic heterocycles. The van der Waals surface area contributed by atoms with E-state index >= 15 is 0 Å². The van der Waals surface area contributed by atoms with Gasteiger partial charge in [-0.25, -0.2) is 4.98 Å². The molecular weight excluding hydrogens is 400 g/mol. The minimum absolute atomic E-state index is 0.0802. The molecule has 0 saturated carbocycles. The quantitative estimate of drug-likeness (QED) is 0.496. The zero-order valence-electron chi connectivity index (χ0n) is 17.1. The fourth-order valence-electron chi connectivity index (χ4n) is 3.72. The topological polar surface area (TPSA) is 42.4 Å². The van der Waals surface area contributed by atoms with Gasteiger partial charge < -0.3 is 4.74 Å². The van der Waals surface area contributed by atoms with Crippen LogP contribution in [0, 0.1) is 13.8 Å². The van der Waals surface area contributed by atoms with Gasteiger partial charge in [-0.15, -0.1) is 11.8 Å². The average molecular weight is 427 g/mol. The SMILES string of the molecule is CSc1ccc2nc(N(CC3CCCO3)C(=O)Cc3ccc(C)cc3C)sc2c1. The number of benzene rings is 2. The van der Waals surface area contributed by atoms with Gasteiger partial charge in [-0.2, -0.15) is 0 Å². The minimum atomic E-state index is 0.0802. The second kappa shape index (κ2) is 8.86. The lowest BCUT2D eigenvalue weighted by atomic mass is 10.0. The first-order chi connectivity index (χ1) is 14.0. The number of rotatable bonds is 6. The number of nitrogens with zero attached hydrogens (tertiary/aromatic N) is 2. The summed E-state index contributed by atoms with van der Waals surface area (Å²) in [5, 5.41) is 0.767. The number of carbonyl (C=O) groups is 1. The van der Waals surface area contributed by atoms with Gasteiger partial charge in [0.05, 0.1) is 29.3 Å². The van der Waals surface area contributed by atoms with Crippen molar-refractivity contribution in [3.8, 4) is 0 Å². The van der Waals surface area contributed by atoms with Crippen LogP contribution in [0.2, 0.25) is 0 Å². The Bertz CT molecular complexity index is 1020. The van der Waals surface area contributed by atoms with Crippen LogP contribution in [0.4, 0.5) is 5.13 Å². The van der Waals surface area contributed by atoms with Crippen molar-refractivity contribution in [2.45, 2.75) is 44.1 Å². The van der Waals surface area contributed by atoms with E-state index in [1.807, 2.05) is 11.0 Å². The van der Waals surface area contributed by atoms with Crippen molar-refractivity contribution in [3.05, 3.63) is 53.1 Å². The molecule has 4 nitrogen and oxygen atoms in total. The minimum Gasteiger partial charge on any atom is -0.376 e. The van der Waals surface area contributed by atoms with Gasteiger partial charge in [0, 0.05) is 11.5 Å². The maximum Gasteiger partial charge on any atom is 0.233 e. The van der Waals surface area contributed by atoms with E-state index in [9.17, 15) is 4.79 Å². The molecule has 29 heavy (non-hydrogen) atoms. The Morgan fingerprint density at radius 1 is 1.28 bits per heavy atom. The van der Waals surface area contributed by atoms with Crippen LogP contribution in [0.3, 0.4) is 0 Å². The summed E-state index contributed by atoms with van der Waals surface area (Å²) in [7, 11) is 0. The molecule has 2 heterocycles. The van der Waals surface area contributed by atoms with Crippen LogP contribution in [0.5, 0.6) is 0 Å². The van der Waals surface area contributed by atoms with Crippen molar-refractivity contribution >= 4 is 44.4 Å². The average Bonchev–Trinajstić information content (AvgIpc) is 3.36. The lowest BCUT2D eigenvalue weighted by Gasteiger charge is -2.23. The van der Waals surface area contributed by atoms with E-state index in [0.29, 0.717) is 13.0 Å². The van der Waals surface area contributed by atoms with Gasteiger partial charge >= 0.3 is 0 Å². The van der Waals surface area contributed by atoms with Crippen molar-refractivity contribution < 1.29 is 9.53 Å². The number of hydrogen-bond donors (Lipinski definition) is 0. The fourth-order valence-corrected chi connectivity index (χ4v) is 5.26. The molecule has 1 saturated heterocycles. The number of ether oxygens (including phenoxy) is 1. The maximum atomic E-state index is 13.4. The monoisotopic (exact) mass is 426 g/mol. The lowest BCUT2D eigenvalue weighted by molar-refractivity contribution is -0.118. The van der Waals surface area contributed by atoms with E-state index in [1.165, 1.54) is 10.5 Å². The highest BCUT2D eigenvalue weighted by molar-refractivity contribution is 7.98. The molecule has 1 atom stereocenters. The number of thioether (sulfide) groups is 1. The van der Waals surface area contributed by atoms with Crippen LogP contribution in [0.15, 0.2) is 41.3 Å². The van der Waals surface area contributed by atoms with Gasteiger partial charge in [0.2, 0.25) is 5.91 Å². The van der Waals surface area contributed by atoms with Crippen molar-refractivity contribution in [3.63, 3.8) is 0 Å². The number of fused-ring (bicyclic) bond motifs is 1. The highest BCUT2D eigenvalue weighted by Gasteiger charge is 2.26. The molecular formula is C23H26N2O2S2. The molecule has 1 unspecified atom stereocenters. The number of aromatic nitrogens is 1. The molecule has 1 amide bonds. The first-order valence-electron chi connectivity index (χ1n) is 9.96. The van der Waals surface area contributed by atoms with Crippen LogP contribution < -0.4 is 4.90 Å². The van der Waals surface area contributed by atoms with Crippen LogP contribution in [0.25, 0.3) is 10.2 Å². The van der Waals surface area contributed by atoms with Crippen molar-refractivity contribution in [2.75, 3.05) is 24.3 Å². The lowest BCUT2D eigenvalue weighted by Crippen LogP contribution is -2.38. The molecule has 1 aliphatic rings. The summed E-state index contributed by atoms with van der Waals surface area (Å²) < 4.78 is 6.95. The molecule has 3 aromatic rings. The van der Waals surface area contributed by atoms with Crippen molar-refractivity contribution in [2.24, 2.45) is 0 Å². The van der Waals surface area contributed by atoms with E-state index in [2.05, 4.69) is 50.4 Å². The zero-order chi connectivity index (χ0) is 20.4. The first kappa shape index (κ1) is 20.4. The Hall–Kier alpha value is -1.89. The predicted octanol–water partition coefficient (Wildman–Crippen LogP) is 5.39. The van der Waals surface area contributed by atoms with Crippen molar-refractivity contribution in [1.82, 2.24) is 4.98 Å². The molecule has 6 heteroatoms. The van der Waals surface area contributed by atoms with E-state index < -0.39 is 0 Å². The fraction of sp³-hybridized carbons (Fsp3) is 0.391. The van der Waals surface area contributed by atoms with Crippen LogP contribution in [0.1, 0.15) is 29.5 Å². The smallest absolute Gasteiger partial charge is 0.233 e. The third-order valence-corrected chi connectivity index (χ3v) is 7.13. The second-order valence-electron chi connectivity index (χ2n) is 7.58. The van der Waals surface area contributed by atoms with E-state index in [4.69, 9.17) is 9.72 Å². The predicted molar refractivity (Wildman–Crippen MR) is 122 cm³/mol. The Kier molecular flexibility index (Phi) is 6.23. The van der Waals surface area contributed by atoms with Gasteiger partial charge in [0.15, 0.2) is 5.13 Å². The summed E-state index contributed by atoms with van der Waals surface area (Å²) in [6.45, 7) is 5.49. The van der Waals surface area contributed by atoms with Gasteiger partial charge in [-0.1, -0.05) is 35.1 Å². The van der Waals surface area contributed by atoms with Gasteiger partial charge in [0.1, 0.15) is 0 Å². The number of hydrogen-bond acceptors (Lipinski definition) is 5. The maximum absolute atomic E-state index is 13.4. The molecule has 4 rings (SSSR count). The Morgan fingerprint density at radius 3 is 2.86 bits per heavy atom. The molecule has 1 fully saturated rings. The molecule has 0 bridgehead atoms. The molecule has 2 aromatic carbocycles. The number of anilines is 1. The Labute approximate surface area is 180 Å². The second-order valence-corrected chi connectivity index (χ2v) is 9.46. The number of amides is 1. The summed E-state index contributed by atoms with van der Waals surface area (Å²) >= 11 is 3.31. The van der Waals surface area contributed by atoms with E-state index in [-0.39, 0.29) is 12.0 Å². The number of aryl methyl sites for hydroxylation is 2. The molecule has 1 aromatic heterocycles. The van der Waals surface area contributed by atoms with Gasteiger partial charge in [-0.05, 0) is 62.3 Å². The van der Waals surface area contributed by atoms with Crippen LogP contribution >= 0.6 is 23.1 Å². The third-order valence-electron chi connectivity index (χ3n) is 5.37. The summed E-state index contributed by atoms with van der Waals surface area (Å²) in [6, 6.07) is 12.5. The summed E-state index contributed by atoms with van der Waals surface area (Å²) in [5.74, 6) is 0.0802.